The minimum Gasteiger partial charge on any atom is -0.399 e. The van der Waals surface area contributed by atoms with E-state index in [-0.39, 0.29) is 5.25 Å². The van der Waals surface area contributed by atoms with Crippen molar-refractivity contribution in [2.75, 3.05) is 23.3 Å². The first-order valence-electron chi connectivity index (χ1n) is 6.25. The summed E-state index contributed by atoms with van der Waals surface area (Å²) in [5.74, 6) is 0.887. The van der Waals surface area contributed by atoms with E-state index in [1.54, 1.807) is 12.1 Å². The Morgan fingerprint density at radius 2 is 2.32 bits per heavy atom. The maximum Gasteiger partial charge on any atom is 0.201 e. The predicted molar refractivity (Wildman–Crippen MR) is 75.8 cm³/mol. The number of aromatic amines is 1. The molecule has 1 atom stereocenters. The lowest BCUT2D eigenvalue weighted by molar-refractivity contribution is 0.591. The van der Waals surface area contributed by atoms with Gasteiger partial charge in [-0.2, -0.15) is 0 Å². The quantitative estimate of drug-likeness (QED) is 0.732. The van der Waals surface area contributed by atoms with Gasteiger partial charge >= 0.3 is 0 Å². The first-order valence-corrected chi connectivity index (χ1v) is 7.97. The van der Waals surface area contributed by atoms with Crippen LogP contribution in [0.25, 0.3) is 11.0 Å². The van der Waals surface area contributed by atoms with Gasteiger partial charge in [0, 0.05) is 12.2 Å². The van der Waals surface area contributed by atoms with Crippen LogP contribution in [0, 0.1) is 0 Å². The number of H-pyrrole nitrogens is 1. The zero-order chi connectivity index (χ0) is 13.5. The second-order valence-corrected chi connectivity index (χ2v) is 7.27. The van der Waals surface area contributed by atoms with Crippen molar-refractivity contribution in [3.05, 3.63) is 18.2 Å². The monoisotopic (exact) mass is 280 g/mol. The number of imidazole rings is 1. The lowest BCUT2D eigenvalue weighted by Crippen LogP contribution is -2.25. The summed E-state index contributed by atoms with van der Waals surface area (Å²) in [5, 5.41) is 2.76. The van der Waals surface area contributed by atoms with E-state index in [4.69, 9.17) is 5.73 Å². The van der Waals surface area contributed by atoms with Crippen molar-refractivity contribution in [1.82, 2.24) is 9.97 Å². The van der Waals surface area contributed by atoms with E-state index < -0.39 is 9.84 Å². The Kier molecular flexibility index (Phi) is 2.85. The van der Waals surface area contributed by atoms with Crippen LogP contribution in [0.5, 0.6) is 0 Å². The van der Waals surface area contributed by atoms with E-state index in [1.807, 2.05) is 6.07 Å². The third kappa shape index (κ3) is 2.37. The Labute approximate surface area is 111 Å². The number of fused-ring (bicyclic) bond motifs is 1. The van der Waals surface area contributed by atoms with Gasteiger partial charge in [-0.25, -0.2) is 13.4 Å². The average Bonchev–Trinajstić information content (AvgIpc) is 2.88. The Morgan fingerprint density at radius 1 is 1.47 bits per heavy atom. The van der Waals surface area contributed by atoms with Gasteiger partial charge in [-0.1, -0.05) is 0 Å². The number of nitrogens with two attached hydrogens (primary N) is 1. The molecular formula is C12H16N4O2S. The first kappa shape index (κ1) is 12.3. The second kappa shape index (κ2) is 4.41. The molecule has 1 saturated heterocycles. The van der Waals surface area contributed by atoms with E-state index in [0.29, 0.717) is 23.9 Å². The molecule has 19 heavy (non-hydrogen) atoms. The molecule has 0 aliphatic carbocycles. The van der Waals surface area contributed by atoms with Crippen molar-refractivity contribution in [2.45, 2.75) is 18.1 Å². The summed E-state index contributed by atoms with van der Waals surface area (Å²) in [7, 11) is -2.92. The topological polar surface area (TPSA) is 101 Å². The van der Waals surface area contributed by atoms with E-state index in [0.717, 1.165) is 23.9 Å². The molecule has 1 aromatic heterocycles. The fourth-order valence-corrected chi connectivity index (χ4v) is 4.17. The average molecular weight is 280 g/mol. The fraction of sp³-hybridized carbons (Fsp3) is 0.417. The van der Waals surface area contributed by atoms with E-state index in [9.17, 15) is 8.42 Å². The Bertz CT molecular complexity index is 708. The summed E-state index contributed by atoms with van der Waals surface area (Å²) in [4.78, 5) is 7.44. The third-order valence-corrected chi connectivity index (χ3v) is 5.74. The highest BCUT2D eigenvalue weighted by Crippen LogP contribution is 2.21. The number of anilines is 2. The van der Waals surface area contributed by atoms with Crippen molar-refractivity contribution in [2.24, 2.45) is 0 Å². The molecule has 1 fully saturated rings. The van der Waals surface area contributed by atoms with E-state index >= 15 is 0 Å². The highest BCUT2D eigenvalue weighted by atomic mass is 32.2. The van der Waals surface area contributed by atoms with Crippen LogP contribution in [0.4, 0.5) is 11.6 Å². The fourth-order valence-electron chi connectivity index (χ4n) is 2.41. The Balaban J connectivity index is 1.75. The highest BCUT2D eigenvalue weighted by Gasteiger charge is 2.30. The number of hydrogen-bond donors (Lipinski definition) is 3. The molecule has 0 radical (unpaired) electrons. The summed E-state index contributed by atoms with van der Waals surface area (Å²) in [5.41, 5.74) is 8.02. The van der Waals surface area contributed by atoms with Crippen LogP contribution in [-0.2, 0) is 9.84 Å². The molecule has 1 aliphatic heterocycles. The van der Waals surface area contributed by atoms with Crippen molar-refractivity contribution in [1.29, 1.82) is 0 Å². The molecule has 2 heterocycles. The SMILES string of the molecule is Nc1ccc2nc(NCC3CCCS3(=O)=O)[nH]c2c1. The number of nitrogens with zero attached hydrogens (tertiary/aromatic N) is 1. The maximum atomic E-state index is 11.7. The van der Waals surface area contributed by atoms with Gasteiger partial charge in [0.2, 0.25) is 5.95 Å². The largest absolute Gasteiger partial charge is 0.399 e. The standard InChI is InChI=1S/C12H16N4O2S/c13-8-3-4-10-11(6-8)16-12(15-10)14-7-9-2-1-5-19(9,17)18/h3-4,6,9H,1-2,5,7,13H2,(H2,14,15,16). The lowest BCUT2D eigenvalue weighted by atomic mass is 10.2. The normalized spacial score (nSPS) is 21.8. The van der Waals surface area contributed by atoms with Crippen LogP contribution in [0.3, 0.4) is 0 Å². The zero-order valence-corrected chi connectivity index (χ0v) is 11.2. The van der Waals surface area contributed by atoms with Gasteiger partial charge < -0.3 is 16.0 Å². The molecule has 7 heteroatoms. The van der Waals surface area contributed by atoms with Gasteiger partial charge in [0.25, 0.3) is 0 Å². The third-order valence-electron chi connectivity index (χ3n) is 3.47. The Hall–Kier alpha value is -1.76. The van der Waals surface area contributed by atoms with Crippen molar-refractivity contribution in [3.63, 3.8) is 0 Å². The molecule has 4 N–H and O–H groups in total. The molecule has 1 aliphatic rings. The van der Waals surface area contributed by atoms with Crippen LogP contribution >= 0.6 is 0 Å². The first-order chi connectivity index (χ1) is 9.04. The maximum absolute atomic E-state index is 11.7. The number of aromatic nitrogens is 2. The minimum atomic E-state index is -2.92. The zero-order valence-electron chi connectivity index (χ0n) is 10.4. The summed E-state index contributed by atoms with van der Waals surface area (Å²) in [6, 6.07) is 5.42. The van der Waals surface area contributed by atoms with Crippen molar-refractivity contribution in [3.8, 4) is 0 Å². The summed E-state index contributed by atoms with van der Waals surface area (Å²) < 4.78 is 23.4. The van der Waals surface area contributed by atoms with Crippen LogP contribution in [-0.4, -0.2) is 35.9 Å². The van der Waals surface area contributed by atoms with Crippen LogP contribution in [0.1, 0.15) is 12.8 Å². The van der Waals surface area contributed by atoms with Gasteiger partial charge in [-0.05, 0) is 31.0 Å². The smallest absolute Gasteiger partial charge is 0.201 e. The lowest BCUT2D eigenvalue weighted by Gasteiger charge is -2.09. The molecule has 2 aromatic rings. The van der Waals surface area contributed by atoms with Crippen LogP contribution < -0.4 is 11.1 Å². The van der Waals surface area contributed by atoms with Gasteiger partial charge in [-0.3, -0.25) is 0 Å². The predicted octanol–water partition coefficient (Wildman–Crippen LogP) is 1.13. The molecule has 1 unspecified atom stereocenters. The number of hydrogen-bond acceptors (Lipinski definition) is 5. The van der Waals surface area contributed by atoms with Gasteiger partial charge in [-0.15, -0.1) is 0 Å². The van der Waals surface area contributed by atoms with Gasteiger partial charge in [0.1, 0.15) is 0 Å². The van der Waals surface area contributed by atoms with E-state index in [1.165, 1.54) is 0 Å². The Morgan fingerprint density at radius 3 is 3.05 bits per heavy atom. The van der Waals surface area contributed by atoms with Gasteiger partial charge in [0.15, 0.2) is 9.84 Å². The molecular weight excluding hydrogens is 264 g/mol. The molecule has 1 aromatic carbocycles. The minimum absolute atomic E-state index is 0.300. The number of nitrogens with one attached hydrogen (secondary N) is 2. The number of rotatable bonds is 3. The molecule has 0 bridgehead atoms. The summed E-state index contributed by atoms with van der Waals surface area (Å²) in [6.45, 7) is 0.400. The number of benzene rings is 1. The summed E-state index contributed by atoms with van der Waals surface area (Å²) >= 11 is 0. The molecule has 6 nitrogen and oxygen atoms in total. The molecule has 0 spiro atoms. The number of sulfone groups is 1. The van der Waals surface area contributed by atoms with Crippen molar-refractivity contribution >= 4 is 32.5 Å². The summed E-state index contributed by atoms with van der Waals surface area (Å²) in [6.07, 6.45) is 1.48. The molecule has 0 saturated carbocycles. The molecule has 102 valence electrons. The number of nitrogen functional groups attached to an aromatic ring is 1. The van der Waals surface area contributed by atoms with Crippen LogP contribution in [0.2, 0.25) is 0 Å². The van der Waals surface area contributed by atoms with Crippen molar-refractivity contribution < 1.29 is 8.42 Å². The molecule has 0 amide bonds. The van der Waals surface area contributed by atoms with Gasteiger partial charge in [0.05, 0.1) is 22.0 Å². The van der Waals surface area contributed by atoms with Crippen LogP contribution in [0.15, 0.2) is 18.2 Å². The second-order valence-electron chi connectivity index (χ2n) is 4.87. The molecule has 3 rings (SSSR count). The highest BCUT2D eigenvalue weighted by molar-refractivity contribution is 7.92. The van der Waals surface area contributed by atoms with E-state index in [2.05, 4.69) is 15.3 Å².